The van der Waals surface area contributed by atoms with Gasteiger partial charge in [0.1, 0.15) is 5.69 Å². The van der Waals surface area contributed by atoms with E-state index in [-0.39, 0.29) is 12.0 Å². The predicted octanol–water partition coefficient (Wildman–Crippen LogP) is 0.202. The molecule has 0 saturated carbocycles. The molecule has 0 aromatic carbocycles. The van der Waals surface area contributed by atoms with Gasteiger partial charge >= 0.3 is 0 Å². The largest absolute Gasteiger partial charge is 0.395 e. The zero-order valence-electron chi connectivity index (χ0n) is 10.5. The first-order valence-corrected chi connectivity index (χ1v) is 5.72. The topological polar surface area (TPSA) is 93.2 Å². The van der Waals surface area contributed by atoms with Gasteiger partial charge in [0.25, 0.3) is 5.91 Å². The summed E-state index contributed by atoms with van der Waals surface area (Å²) >= 11 is 0. The number of nitrogen functional groups attached to an aromatic ring is 1. The number of nitrogens with one attached hydrogen (secondary N) is 1. The SMILES string of the molecule is CCC(O)CCNC(=O)c1c(N)c(C)nn1C. The van der Waals surface area contributed by atoms with E-state index in [1.54, 1.807) is 14.0 Å². The van der Waals surface area contributed by atoms with Crippen LogP contribution in [-0.2, 0) is 7.05 Å². The lowest BCUT2D eigenvalue weighted by Crippen LogP contribution is -2.29. The van der Waals surface area contributed by atoms with Gasteiger partial charge in [0.05, 0.1) is 17.5 Å². The molecule has 0 aliphatic heterocycles. The molecule has 1 aromatic heterocycles. The normalized spacial score (nSPS) is 12.5. The average Bonchev–Trinajstić information content (AvgIpc) is 2.52. The van der Waals surface area contributed by atoms with E-state index in [4.69, 9.17) is 5.73 Å². The van der Waals surface area contributed by atoms with Crippen LogP contribution in [0, 0.1) is 6.92 Å². The van der Waals surface area contributed by atoms with Crippen LogP contribution >= 0.6 is 0 Å². The molecule has 1 unspecified atom stereocenters. The maximum absolute atomic E-state index is 11.8. The number of aliphatic hydroxyl groups excluding tert-OH is 1. The number of anilines is 1. The molecule has 17 heavy (non-hydrogen) atoms. The second-order valence-electron chi connectivity index (χ2n) is 4.08. The van der Waals surface area contributed by atoms with Crippen LogP contribution in [0.4, 0.5) is 5.69 Å². The maximum atomic E-state index is 11.8. The Morgan fingerprint density at radius 2 is 2.29 bits per heavy atom. The number of carbonyl (C=O) groups excluding carboxylic acids is 1. The second kappa shape index (κ2) is 5.67. The van der Waals surface area contributed by atoms with Crippen LogP contribution in [0.25, 0.3) is 0 Å². The van der Waals surface area contributed by atoms with Crippen molar-refractivity contribution in [3.8, 4) is 0 Å². The van der Waals surface area contributed by atoms with E-state index in [0.717, 1.165) is 0 Å². The minimum Gasteiger partial charge on any atom is -0.395 e. The summed E-state index contributed by atoms with van der Waals surface area (Å²) < 4.78 is 1.47. The number of nitrogens with zero attached hydrogens (tertiary/aromatic N) is 2. The van der Waals surface area contributed by atoms with E-state index in [0.29, 0.717) is 36.5 Å². The molecule has 4 N–H and O–H groups in total. The molecule has 96 valence electrons. The van der Waals surface area contributed by atoms with Gasteiger partial charge in [-0.1, -0.05) is 6.92 Å². The Hall–Kier alpha value is -1.56. The third kappa shape index (κ3) is 3.20. The standard InChI is InChI=1S/C11H20N4O2/c1-4-8(16)5-6-13-11(17)10-9(12)7(2)14-15(10)3/h8,16H,4-6,12H2,1-3H3,(H,13,17). The third-order valence-corrected chi connectivity index (χ3v) is 2.72. The summed E-state index contributed by atoms with van der Waals surface area (Å²) in [6, 6.07) is 0. The van der Waals surface area contributed by atoms with Gasteiger partial charge in [-0.15, -0.1) is 0 Å². The first-order chi connectivity index (χ1) is 7.97. The quantitative estimate of drug-likeness (QED) is 0.685. The van der Waals surface area contributed by atoms with E-state index in [2.05, 4.69) is 10.4 Å². The van der Waals surface area contributed by atoms with Crippen LogP contribution in [0.2, 0.25) is 0 Å². The van der Waals surface area contributed by atoms with Gasteiger partial charge in [0, 0.05) is 13.6 Å². The Labute approximate surface area is 101 Å². The highest BCUT2D eigenvalue weighted by molar-refractivity contribution is 5.97. The van der Waals surface area contributed by atoms with Crippen molar-refractivity contribution in [1.82, 2.24) is 15.1 Å². The molecular formula is C11H20N4O2. The van der Waals surface area contributed by atoms with Crippen molar-refractivity contribution < 1.29 is 9.90 Å². The van der Waals surface area contributed by atoms with E-state index >= 15 is 0 Å². The molecule has 0 spiro atoms. The number of nitrogens with two attached hydrogens (primary N) is 1. The van der Waals surface area contributed by atoms with Crippen LogP contribution in [0.15, 0.2) is 0 Å². The molecular weight excluding hydrogens is 220 g/mol. The van der Waals surface area contributed by atoms with Crippen molar-refractivity contribution in [2.45, 2.75) is 32.8 Å². The lowest BCUT2D eigenvalue weighted by atomic mass is 10.2. The molecule has 1 atom stereocenters. The third-order valence-electron chi connectivity index (χ3n) is 2.72. The number of aryl methyl sites for hydroxylation is 2. The summed E-state index contributed by atoms with van der Waals surface area (Å²) in [4.78, 5) is 11.8. The zero-order valence-corrected chi connectivity index (χ0v) is 10.5. The number of aromatic nitrogens is 2. The number of carbonyl (C=O) groups is 1. The zero-order chi connectivity index (χ0) is 13.0. The molecule has 0 fully saturated rings. The fourth-order valence-corrected chi connectivity index (χ4v) is 1.58. The molecule has 1 amide bonds. The Kier molecular flexibility index (Phi) is 4.51. The fourth-order valence-electron chi connectivity index (χ4n) is 1.58. The van der Waals surface area contributed by atoms with Crippen molar-refractivity contribution in [2.24, 2.45) is 7.05 Å². The van der Waals surface area contributed by atoms with Gasteiger partial charge in [0.15, 0.2) is 0 Å². The van der Waals surface area contributed by atoms with Crippen molar-refractivity contribution in [3.05, 3.63) is 11.4 Å². The average molecular weight is 240 g/mol. The number of hydrogen-bond acceptors (Lipinski definition) is 4. The molecule has 0 radical (unpaired) electrons. The Morgan fingerprint density at radius 3 is 2.76 bits per heavy atom. The first-order valence-electron chi connectivity index (χ1n) is 5.72. The van der Waals surface area contributed by atoms with Gasteiger partial charge < -0.3 is 16.2 Å². The number of amides is 1. The van der Waals surface area contributed by atoms with Crippen LogP contribution in [0.3, 0.4) is 0 Å². The lowest BCUT2D eigenvalue weighted by molar-refractivity contribution is 0.0933. The minimum atomic E-state index is -0.374. The highest BCUT2D eigenvalue weighted by atomic mass is 16.3. The highest BCUT2D eigenvalue weighted by Gasteiger charge is 2.17. The fraction of sp³-hybridized carbons (Fsp3) is 0.636. The lowest BCUT2D eigenvalue weighted by Gasteiger charge is -2.09. The van der Waals surface area contributed by atoms with Gasteiger partial charge in [0.2, 0.25) is 0 Å². The summed E-state index contributed by atoms with van der Waals surface area (Å²) in [5.74, 6) is -0.256. The number of rotatable bonds is 5. The number of hydrogen-bond donors (Lipinski definition) is 3. The van der Waals surface area contributed by atoms with Crippen LogP contribution < -0.4 is 11.1 Å². The van der Waals surface area contributed by atoms with Gasteiger partial charge in [-0.25, -0.2) is 0 Å². The summed E-state index contributed by atoms with van der Waals surface area (Å²) in [5, 5.41) is 16.2. The van der Waals surface area contributed by atoms with Crippen LogP contribution in [0.1, 0.15) is 35.9 Å². The van der Waals surface area contributed by atoms with E-state index in [1.807, 2.05) is 6.92 Å². The Morgan fingerprint density at radius 1 is 1.65 bits per heavy atom. The maximum Gasteiger partial charge on any atom is 0.271 e. The molecule has 0 saturated heterocycles. The van der Waals surface area contributed by atoms with Crippen LogP contribution in [0.5, 0.6) is 0 Å². The molecule has 6 heteroatoms. The summed E-state index contributed by atoms with van der Waals surface area (Å²) in [7, 11) is 1.68. The van der Waals surface area contributed by atoms with Crippen molar-refractivity contribution in [3.63, 3.8) is 0 Å². The molecule has 1 rings (SSSR count). The summed E-state index contributed by atoms with van der Waals surface area (Å²) in [6.07, 6.45) is 0.850. The molecule has 6 nitrogen and oxygen atoms in total. The molecule has 0 bridgehead atoms. The molecule has 1 aromatic rings. The Bertz CT molecular complexity index is 400. The minimum absolute atomic E-state index is 0.256. The molecule has 0 aliphatic carbocycles. The van der Waals surface area contributed by atoms with Crippen molar-refractivity contribution >= 4 is 11.6 Å². The Balaban J connectivity index is 2.58. The molecule has 1 heterocycles. The summed E-state index contributed by atoms with van der Waals surface area (Å²) in [6.45, 7) is 4.08. The van der Waals surface area contributed by atoms with Gasteiger partial charge in [-0.2, -0.15) is 5.10 Å². The van der Waals surface area contributed by atoms with Crippen molar-refractivity contribution in [2.75, 3.05) is 12.3 Å². The van der Waals surface area contributed by atoms with Crippen molar-refractivity contribution in [1.29, 1.82) is 0 Å². The van der Waals surface area contributed by atoms with E-state index in [9.17, 15) is 9.90 Å². The van der Waals surface area contributed by atoms with E-state index in [1.165, 1.54) is 4.68 Å². The summed E-state index contributed by atoms with van der Waals surface area (Å²) in [5.41, 5.74) is 7.19. The molecule has 0 aliphatic rings. The monoisotopic (exact) mass is 240 g/mol. The van der Waals surface area contributed by atoms with Gasteiger partial charge in [-0.05, 0) is 19.8 Å². The van der Waals surface area contributed by atoms with Gasteiger partial charge in [-0.3, -0.25) is 9.48 Å². The number of aliphatic hydroxyl groups is 1. The highest BCUT2D eigenvalue weighted by Crippen LogP contribution is 2.14. The smallest absolute Gasteiger partial charge is 0.271 e. The van der Waals surface area contributed by atoms with Crippen LogP contribution in [-0.4, -0.2) is 33.4 Å². The second-order valence-corrected chi connectivity index (χ2v) is 4.08. The first kappa shape index (κ1) is 13.5. The van der Waals surface area contributed by atoms with E-state index < -0.39 is 0 Å². The predicted molar refractivity (Wildman–Crippen MR) is 65.6 cm³/mol.